The van der Waals surface area contributed by atoms with Gasteiger partial charge in [0.15, 0.2) is 0 Å². The molecule has 1 aromatic carbocycles. The SMILES string of the molecule is C[C@@H](CC(=CN)c1ccccc1)C(=O)O. The zero-order valence-electron chi connectivity index (χ0n) is 8.68. The second-order valence-electron chi connectivity index (χ2n) is 3.50. The molecule has 0 aliphatic carbocycles. The number of rotatable bonds is 4. The third kappa shape index (κ3) is 3.13. The molecule has 0 spiro atoms. The van der Waals surface area contributed by atoms with Crippen LogP contribution in [0.15, 0.2) is 36.5 Å². The van der Waals surface area contributed by atoms with Gasteiger partial charge in [-0.1, -0.05) is 37.3 Å². The lowest BCUT2D eigenvalue weighted by Crippen LogP contribution is -2.10. The molecule has 0 fully saturated rings. The molecular formula is C12H15NO2. The molecule has 0 unspecified atom stereocenters. The highest BCUT2D eigenvalue weighted by Gasteiger charge is 2.13. The molecule has 0 saturated carbocycles. The Hall–Kier alpha value is -1.77. The minimum absolute atomic E-state index is 0.417. The fourth-order valence-electron chi connectivity index (χ4n) is 1.35. The van der Waals surface area contributed by atoms with E-state index in [1.165, 1.54) is 6.20 Å². The van der Waals surface area contributed by atoms with Crippen molar-refractivity contribution in [2.24, 2.45) is 11.7 Å². The highest BCUT2D eigenvalue weighted by Crippen LogP contribution is 2.21. The maximum absolute atomic E-state index is 10.7. The Balaban J connectivity index is 2.79. The van der Waals surface area contributed by atoms with Crippen molar-refractivity contribution in [3.63, 3.8) is 0 Å². The van der Waals surface area contributed by atoms with Crippen LogP contribution >= 0.6 is 0 Å². The molecule has 15 heavy (non-hydrogen) atoms. The number of benzene rings is 1. The van der Waals surface area contributed by atoms with Gasteiger partial charge in [0.2, 0.25) is 0 Å². The average Bonchev–Trinajstić information content (AvgIpc) is 2.26. The van der Waals surface area contributed by atoms with E-state index in [1.807, 2.05) is 30.3 Å². The Bertz CT molecular complexity index is 357. The molecule has 0 saturated heterocycles. The second-order valence-corrected chi connectivity index (χ2v) is 3.50. The van der Waals surface area contributed by atoms with Crippen LogP contribution in [0.5, 0.6) is 0 Å². The lowest BCUT2D eigenvalue weighted by molar-refractivity contribution is -0.140. The minimum atomic E-state index is -0.801. The van der Waals surface area contributed by atoms with Crippen LogP contribution in [-0.2, 0) is 4.79 Å². The van der Waals surface area contributed by atoms with Crippen molar-refractivity contribution < 1.29 is 9.90 Å². The van der Waals surface area contributed by atoms with E-state index in [4.69, 9.17) is 10.8 Å². The topological polar surface area (TPSA) is 63.3 Å². The first-order valence-corrected chi connectivity index (χ1v) is 4.84. The van der Waals surface area contributed by atoms with Gasteiger partial charge in [-0.05, 0) is 23.8 Å². The van der Waals surface area contributed by atoms with Gasteiger partial charge in [0.25, 0.3) is 0 Å². The quantitative estimate of drug-likeness (QED) is 0.791. The smallest absolute Gasteiger partial charge is 0.306 e. The molecule has 3 heteroatoms. The van der Waals surface area contributed by atoms with Gasteiger partial charge in [-0.25, -0.2) is 0 Å². The van der Waals surface area contributed by atoms with Gasteiger partial charge < -0.3 is 10.8 Å². The summed E-state index contributed by atoms with van der Waals surface area (Å²) in [5, 5.41) is 8.81. The van der Waals surface area contributed by atoms with Crippen molar-refractivity contribution in [3.8, 4) is 0 Å². The normalized spacial score (nSPS) is 13.5. The summed E-state index contributed by atoms with van der Waals surface area (Å²) in [4.78, 5) is 10.7. The van der Waals surface area contributed by atoms with E-state index in [1.54, 1.807) is 6.92 Å². The molecule has 80 valence electrons. The van der Waals surface area contributed by atoms with Crippen LogP contribution in [0.1, 0.15) is 18.9 Å². The van der Waals surface area contributed by atoms with Crippen molar-refractivity contribution in [1.82, 2.24) is 0 Å². The molecule has 0 aliphatic rings. The summed E-state index contributed by atoms with van der Waals surface area (Å²) in [5.41, 5.74) is 7.34. The minimum Gasteiger partial charge on any atom is -0.481 e. The van der Waals surface area contributed by atoms with Gasteiger partial charge in [0.05, 0.1) is 5.92 Å². The summed E-state index contributed by atoms with van der Waals surface area (Å²) in [6, 6.07) is 9.58. The number of carboxylic acid groups (broad SMARTS) is 1. The zero-order chi connectivity index (χ0) is 11.3. The predicted molar refractivity (Wildman–Crippen MR) is 60.0 cm³/mol. The standard InChI is InChI=1S/C12H15NO2/c1-9(12(14)15)7-11(8-13)10-5-3-2-4-6-10/h2-6,8-9H,7,13H2,1H3,(H,14,15)/t9-/m0/s1. The lowest BCUT2D eigenvalue weighted by Gasteiger charge is -2.10. The summed E-state index contributed by atoms with van der Waals surface area (Å²) in [5.74, 6) is -1.22. The molecule has 3 N–H and O–H groups in total. The fraction of sp³-hybridized carbons (Fsp3) is 0.250. The summed E-state index contributed by atoms with van der Waals surface area (Å²) in [6.07, 6.45) is 1.94. The van der Waals surface area contributed by atoms with E-state index in [2.05, 4.69) is 0 Å². The van der Waals surface area contributed by atoms with E-state index >= 15 is 0 Å². The van der Waals surface area contributed by atoms with Crippen LogP contribution in [-0.4, -0.2) is 11.1 Å². The number of carboxylic acids is 1. The van der Waals surface area contributed by atoms with E-state index in [0.29, 0.717) is 6.42 Å². The number of hydrogen-bond donors (Lipinski definition) is 2. The summed E-state index contributed by atoms with van der Waals surface area (Å²) < 4.78 is 0. The second kappa shape index (κ2) is 5.20. The van der Waals surface area contributed by atoms with Crippen molar-refractivity contribution >= 4 is 11.5 Å². The van der Waals surface area contributed by atoms with Crippen LogP contribution < -0.4 is 5.73 Å². The van der Waals surface area contributed by atoms with Crippen molar-refractivity contribution in [3.05, 3.63) is 42.1 Å². The van der Waals surface area contributed by atoms with E-state index in [9.17, 15) is 4.79 Å². The fourth-order valence-corrected chi connectivity index (χ4v) is 1.35. The van der Waals surface area contributed by atoms with Crippen LogP contribution in [0, 0.1) is 5.92 Å². The van der Waals surface area contributed by atoms with Crippen LogP contribution in [0.4, 0.5) is 0 Å². The maximum atomic E-state index is 10.7. The summed E-state index contributed by atoms with van der Waals surface area (Å²) in [6.45, 7) is 1.68. The molecular weight excluding hydrogens is 190 g/mol. The lowest BCUT2D eigenvalue weighted by atomic mass is 9.96. The van der Waals surface area contributed by atoms with Crippen LogP contribution in [0.3, 0.4) is 0 Å². The third-order valence-electron chi connectivity index (χ3n) is 2.29. The van der Waals surface area contributed by atoms with Gasteiger partial charge in [-0.15, -0.1) is 0 Å². The maximum Gasteiger partial charge on any atom is 0.306 e. The molecule has 3 nitrogen and oxygen atoms in total. The molecule has 1 rings (SSSR count). The first kappa shape index (κ1) is 11.3. The Labute approximate surface area is 89.2 Å². The molecule has 0 aliphatic heterocycles. The van der Waals surface area contributed by atoms with Gasteiger partial charge in [-0.3, -0.25) is 4.79 Å². The number of nitrogens with two attached hydrogens (primary N) is 1. The number of aliphatic carboxylic acids is 1. The molecule has 1 atom stereocenters. The monoisotopic (exact) mass is 205 g/mol. The molecule has 0 amide bonds. The van der Waals surface area contributed by atoms with Gasteiger partial charge >= 0.3 is 5.97 Å². The average molecular weight is 205 g/mol. The Kier molecular flexibility index (Phi) is 3.92. The third-order valence-corrected chi connectivity index (χ3v) is 2.29. The molecule has 0 radical (unpaired) electrons. The van der Waals surface area contributed by atoms with Crippen molar-refractivity contribution in [2.45, 2.75) is 13.3 Å². The number of carbonyl (C=O) groups is 1. The molecule has 0 bridgehead atoms. The molecule has 0 aromatic heterocycles. The number of allylic oxidation sites excluding steroid dienone is 1. The largest absolute Gasteiger partial charge is 0.481 e. The van der Waals surface area contributed by atoms with Crippen LogP contribution in [0.25, 0.3) is 5.57 Å². The molecule has 0 heterocycles. The first-order valence-electron chi connectivity index (χ1n) is 4.84. The highest BCUT2D eigenvalue weighted by atomic mass is 16.4. The van der Waals surface area contributed by atoms with Gasteiger partial charge in [0, 0.05) is 0 Å². The Morgan fingerprint density at radius 2 is 2.07 bits per heavy atom. The zero-order valence-corrected chi connectivity index (χ0v) is 8.68. The first-order chi connectivity index (χ1) is 7.15. The number of hydrogen-bond acceptors (Lipinski definition) is 2. The Morgan fingerprint density at radius 3 is 2.53 bits per heavy atom. The summed E-state index contributed by atoms with van der Waals surface area (Å²) >= 11 is 0. The van der Waals surface area contributed by atoms with Gasteiger partial charge in [-0.2, -0.15) is 0 Å². The van der Waals surface area contributed by atoms with Crippen molar-refractivity contribution in [1.29, 1.82) is 0 Å². The van der Waals surface area contributed by atoms with E-state index in [0.717, 1.165) is 11.1 Å². The summed E-state index contributed by atoms with van der Waals surface area (Å²) in [7, 11) is 0. The van der Waals surface area contributed by atoms with Gasteiger partial charge in [0.1, 0.15) is 0 Å². The van der Waals surface area contributed by atoms with Crippen LogP contribution in [0.2, 0.25) is 0 Å². The molecule has 1 aromatic rings. The van der Waals surface area contributed by atoms with Crippen molar-refractivity contribution in [2.75, 3.05) is 0 Å². The van der Waals surface area contributed by atoms with E-state index < -0.39 is 11.9 Å². The Morgan fingerprint density at radius 1 is 1.47 bits per heavy atom. The predicted octanol–water partition coefficient (Wildman–Crippen LogP) is 2.10. The van der Waals surface area contributed by atoms with E-state index in [-0.39, 0.29) is 0 Å². The highest BCUT2D eigenvalue weighted by molar-refractivity contribution is 5.74.